The van der Waals surface area contributed by atoms with Crippen LogP contribution in [0.3, 0.4) is 0 Å². The molecule has 2 nitrogen and oxygen atoms in total. The molecule has 1 atom stereocenters. The van der Waals surface area contributed by atoms with Crippen molar-refractivity contribution in [1.29, 1.82) is 0 Å². The number of carboxylic acids is 1. The van der Waals surface area contributed by atoms with E-state index in [1.807, 2.05) is 54.6 Å². The molecule has 3 heteroatoms. The van der Waals surface area contributed by atoms with E-state index in [0.717, 1.165) is 16.7 Å². The minimum absolute atomic E-state index is 0.714. The predicted molar refractivity (Wildman–Crippen MR) is 79.6 cm³/mol. The molecule has 1 N–H and O–H groups in total. The van der Waals surface area contributed by atoms with Crippen LogP contribution in [0.2, 0.25) is 0 Å². The standard InChI is InChI=1S/C16H15BrO2/c1-16(15(18)19,13-7-3-2-4-8-13)14-9-5-6-12(10-14)11-17/h2-10H,11H2,1H3,(H,18,19). The van der Waals surface area contributed by atoms with Crippen LogP contribution in [0.1, 0.15) is 23.6 Å². The number of benzene rings is 2. The average Bonchev–Trinajstić information content (AvgIpc) is 2.47. The predicted octanol–water partition coefficient (Wildman–Crippen LogP) is 3.97. The van der Waals surface area contributed by atoms with Crippen LogP contribution >= 0.6 is 15.9 Å². The van der Waals surface area contributed by atoms with Crippen LogP contribution in [0, 0.1) is 0 Å². The van der Waals surface area contributed by atoms with Gasteiger partial charge in [-0.25, -0.2) is 0 Å². The van der Waals surface area contributed by atoms with Crippen molar-refractivity contribution in [2.75, 3.05) is 0 Å². The molecule has 98 valence electrons. The minimum atomic E-state index is -1.03. The molecule has 1 unspecified atom stereocenters. The Morgan fingerprint density at radius 3 is 2.32 bits per heavy atom. The van der Waals surface area contributed by atoms with Crippen molar-refractivity contribution in [2.45, 2.75) is 17.7 Å². The van der Waals surface area contributed by atoms with Gasteiger partial charge in [-0.05, 0) is 23.6 Å². The Balaban J connectivity index is 2.60. The quantitative estimate of drug-likeness (QED) is 0.866. The van der Waals surface area contributed by atoms with Crippen molar-refractivity contribution in [1.82, 2.24) is 0 Å². The van der Waals surface area contributed by atoms with Crippen molar-refractivity contribution >= 4 is 21.9 Å². The molecule has 0 aliphatic carbocycles. The second-order valence-corrected chi connectivity index (χ2v) is 5.19. The highest BCUT2D eigenvalue weighted by atomic mass is 79.9. The number of alkyl halides is 1. The van der Waals surface area contributed by atoms with Gasteiger partial charge in [-0.1, -0.05) is 70.5 Å². The smallest absolute Gasteiger partial charge is 0.318 e. The van der Waals surface area contributed by atoms with E-state index < -0.39 is 11.4 Å². The van der Waals surface area contributed by atoms with Crippen molar-refractivity contribution < 1.29 is 9.90 Å². The fraction of sp³-hybridized carbons (Fsp3) is 0.188. The summed E-state index contributed by atoms with van der Waals surface area (Å²) >= 11 is 3.40. The number of rotatable bonds is 4. The summed E-state index contributed by atoms with van der Waals surface area (Å²) in [4.78, 5) is 11.8. The van der Waals surface area contributed by atoms with Crippen molar-refractivity contribution in [3.05, 3.63) is 71.3 Å². The first-order valence-corrected chi connectivity index (χ1v) is 7.15. The van der Waals surface area contributed by atoms with Gasteiger partial charge in [0.1, 0.15) is 5.41 Å². The molecule has 0 aliphatic heterocycles. The maximum absolute atomic E-state index is 11.8. The lowest BCUT2D eigenvalue weighted by molar-refractivity contribution is -0.141. The van der Waals surface area contributed by atoms with E-state index in [4.69, 9.17) is 0 Å². The molecule has 0 radical (unpaired) electrons. The van der Waals surface area contributed by atoms with Gasteiger partial charge in [0.05, 0.1) is 0 Å². The normalized spacial score (nSPS) is 13.8. The molecule has 0 spiro atoms. The van der Waals surface area contributed by atoms with Gasteiger partial charge in [0.2, 0.25) is 0 Å². The van der Waals surface area contributed by atoms with E-state index in [0.29, 0.717) is 5.33 Å². The fourth-order valence-electron chi connectivity index (χ4n) is 2.15. The molecule has 0 aromatic heterocycles. The molecule has 0 amide bonds. The molecule has 19 heavy (non-hydrogen) atoms. The third-order valence-electron chi connectivity index (χ3n) is 3.44. The summed E-state index contributed by atoms with van der Waals surface area (Å²) in [5.74, 6) is -0.842. The largest absolute Gasteiger partial charge is 0.480 e. The highest BCUT2D eigenvalue weighted by Crippen LogP contribution is 2.33. The first-order chi connectivity index (χ1) is 9.09. The van der Waals surface area contributed by atoms with E-state index in [9.17, 15) is 9.90 Å². The fourth-order valence-corrected chi connectivity index (χ4v) is 2.50. The van der Waals surface area contributed by atoms with Gasteiger partial charge < -0.3 is 5.11 Å². The van der Waals surface area contributed by atoms with Gasteiger partial charge in [0.15, 0.2) is 0 Å². The van der Waals surface area contributed by atoms with Gasteiger partial charge in [-0.3, -0.25) is 4.79 Å². The van der Waals surface area contributed by atoms with Gasteiger partial charge in [-0.15, -0.1) is 0 Å². The van der Waals surface area contributed by atoms with Gasteiger partial charge in [0.25, 0.3) is 0 Å². The van der Waals surface area contributed by atoms with Crippen LogP contribution in [0.25, 0.3) is 0 Å². The number of aliphatic carboxylic acids is 1. The summed E-state index contributed by atoms with van der Waals surface area (Å²) in [6.07, 6.45) is 0. The third-order valence-corrected chi connectivity index (χ3v) is 4.08. The molecule has 2 rings (SSSR count). The molecule has 2 aromatic carbocycles. The zero-order valence-corrected chi connectivity index (χ0v) is 12.2. The SMILES string of the molecule is CC(C(=O)O)(c1ccccc1)c1cccc(CBr)c1. The summed E-state index contributed by atoms with van der Waals surface area (Å²) < 4.78 is 0. The molecular formula is C16H15BrO2. The number of hydrogen-bond donors (Lipinski definition) is 1. The Morgan fingerprint density at radius 1 is 1.11 bits per heavy atom. The highest BCUT2D eigenvalue weighted by molar-refractivity contribution is 9.08. The Kier molecular flexibility index (Phi) is 4.05. The lowest BCUT2D eigenvalue weighted by atomic mass is 9.76. The van der Waals surface area contributed by atoms with Crippen LogP contribution in [0.5, 0.6) is 0 Å². The molecule has 0 aliphatic rings. The van der Waals surface area contributed by atoms with E-state index >= 15 is 0 Å². The number of hydrogen-bond acceptors (Lipinski definition) is 1. The van der Waals surface area contributed by atoms with Gasteiger partial charge >= 0.3 is 5.97 Å². The van der Waals surface area contributed by atoms with Gasteiger partial charge in [-0.2, -0.15) is 0 Å². The van der Waals surface area contributed by atoms with E-state index in [1.54, 1.807) is 6.92 Å². The summed E-state index contributed by atoms with van der Waals surface area (Å²) in [6.45, 7) is 1.75. The maximum Gasteiger partial charge on any atom is 0.318 e. The number of carbonyl (C=O) groups is 1. The Bertz CT molecular complexity index is 580. The summed E-state index contributed by atoms with van der Waals surface area (Å²) in [5, 5.41) is 10.4. The third kappa shape index (κ3) is 2.56. The van der Waals surface area contributed by atoms with Crippen molar-refractivity contribution in [3.63, 3.8) is 0 Å². The molecule has 0 saturated carbocycles. The maximum atomic E-state index is 11.8. The van der Waals surface area contributed by atoms with Crippen molar-refractivity contribution in [2.24, 2.45) is 0 Å². The lowest BCUT2D eigenvalue weighted by Crippen LogP contribution is -2.33. The molecule has 0 fully saturated rings. The second-order valence-electron chi connectivity index (χ2n) is 4.63. The van der Waals surface area contributed by atoms with E-state index in [1.165, 1.54) is 0 Å². The Labute approximate surface area is 121 Å². The number of halogens is 1. The monoisotopic (exact) mass is 318 g/mol. The Hall–Kier alpha value is -1.61. The molecular weight excluding hydrogens is 304 g/mol. The zero-order chi connectivity index (χ0) is 13.9. The zero-order valence-electron chi connectivity index (χ0n) is 10.6. The molecule has 2 aromatic rings. The molecule has 0 bridgehead atoms. The first kappa shape index (κ1) is 13.8. The van der Waals surface area contributed by atoms with Gasteiger partial charge in [0, 0.05) is 5.33 Å². The topological polar surface area (TPSA) is 37.3 Å². The second kappa shape index (κ2) is 5.57. The average molecular weight is 319 g/mol. The van der Waals surface area contributed by atoms with Crippen molar-refractivity contribution in [3.8, 4) is 0 Å². The Morgan fingerprint density at radius 2 is 1.74 bits per heavy atom. The van der Waals surface area contributed by atoms with Crippen LogP contribution < -0.4 is 0 Å². The van der Waals surface area contributed by atoms with Crippen LogP contribution in [0.4, 0.5) is 0 Å². The molecule has 0 saturated heterocycles. The van der Waals surface area contributed by atoms with Crippen LogP contribution in [-0.2, 0) is 15.5 Å². The van der Waals surface area contributed by atoms with E-state index in [2.05, 4.69) is 15.9 Å². The lowest BCUT2D eigenvalue weighted by Gasteiger charge is -2.26. The van der Waals surface area contributed by atoms with Crippen LogP contribution in [0.15, 0.2) is 54.6 Å². The summed E-state index contributed by atoms with van der Waals surface area (Å²) in [6, 6.07) is 17.0. The minimum Gasteiger partial charge on any atom is -0.480 e. The van der Waals surface area contributed by atoms with E-state index in [-0.39, 0.29) is 0 Å². The molecule has 0 heterocycles. The highest BCUT2D eigenvalue weighted by Gasteiger charge is 2.37. The number of carboxylic acid groups (broad SMARTS) is 1. The summed E-state index contributed by atoms with van der Waals surface area (Å²) in [5.41, 5.74) is 1.62. The summed E-state index contributed by atoms with van der Waals surface area (Å²) in [7, 11) is 0. The van der Waals surface area contributed by atoms with Crippen LogP contribution in [-0.4, -0.2) is 11.1 Å². The first-order valence-electron chi connectivity index (χ1n) is 6.03.